The molecule has 3 rings (SSSR count). The molecule has 0 aliphatic rings. The third-order valence-electron chi connectivity index (χ3n) is 4.77. The fourth-order valence-electron chi connectivity index (χ4n) is 3.23. The Hall–Kier alpha value is -2.43. The summed E-state index contributed by atoms with van der Waals surface area (Å²) in [6.45, 7) is 11.0. The minimum atomic E-state index is -4.11. The Labute approximate surface area is 196 Å². The van der Waals surface area contributed by atoms with Crippen molar-refractivity contribution in [2.75, 3.05) is 6.61 Å². The molecule has 0 bridgehead atoms. The second-order valence-corrected chi connectivity index (χ2v) is 11.3. The Morgan fingerprint density at radius 2 is 1.91 bits per heavy atom. The maximum absolute atomic E-state index is 14.4. The van der Waals surface area contributed by atoms with Crippen LogP contribution in [0.25, 0.3) is 16.7 Å². The van der Waals surface area contributed by atoms with Crippen LogP contribution in [-0.4, -0.2) is 34.5 Å². The fraction of sp³-hybridized carbons (Fsp3) is 0.455. The molecule has 0 aliphatic carbocycles. The average molecular weight is 497 g/mol. The molecule has 0 saturated heterocycles. The van der Waals surface area contributed by atoms with E-state index in [1.165, 1.54) is 4.57 Å². The SMILES string of the molecule is Cc1ccnc(C(C)C)c1-n1c(=O)nc(CS(=O)(=O)OCC(C)(C)C)c2cc(F)c(Cl)nc21. The van der Waals surface area contributed by atoms with Crippen LogP contribution in [0.2, 0.25) is 5.15 Å². The van der Waals surface area contributed by atoms with Gasteiger partial charge in [-0.2, -0.15) is 13.4 Å². The predicted octanol–water partition coefficient (Wildman–Crippen LogP) is 4.29. The highest BCUT2D eigenvalue weighted by Gasteiger charge is 2.25. The number of halogens is 2. The fourth-order valence-corrected chi connectivity index (χ4v) is 4.53. The van der Waals surface area contributed by atoms with Crippen molar-refractivity contribution in [3.05, 3.63) is 56.7 Å². The number of hydrogen-bond acceptors (Lipinski definition) is 7. The smallest absolute Gasteiger partial charge is 0.269 e. The number of pyridine rings is 2. The van der Waals surface area contributed by atoms with E-state index in [1.54, 1.807) is 19.2 Å². The molecular weight excluding hydrogens is 471 g/mol. The van der Waals surface area contributed by atoms with E-state index in [-0.39, 0.29) is 29.3 Å². The van der Waals surface area contributed by atoms with E-state index < -0.39 is 37.9 Å². The normalized spacial score (nSPS) is 12.6. The van der Waals surface area contributed by atoms with E-state index >= 15 is 0 Å². The highest BCUT2D eigenvalue weighted by Crippen LogP contribution is 2.28. The van der Waals surface area contributed by atoms with Gasteiger partial charge in [0.25, 0.3) is 10.1 Å². The van der Waals surface area contributed by atoms with Gasteiger partial charge in [-0.05, 0) is 36.0 Å². The molecule has 178 valence electrons. The van der Waals surface area contributed by atoms with Gasteiger partial charge < -0.3 is 0 Å². The standard InChI is InChI=1S/C22H26ClFN4O4S/c1-12(2)17-18(13(3)7-8-25-17)28-20-14(9-15(24)19(23)27-20)16(26-21(28)29)10-33(30,31)32-11-22(4,5)6/h7-9,12H,10-11H2,1-6H3. The van der Waals surface area contributed by atoms with E-state index in [4.69, 9.17) is 15.8 Å². The van der Waals surface area contributed by atoms with Crippen molar-refractivity contribution in [2.45, 2.75) is 53.2 Å². The lowest BCUT2D eigenvalue weighted by atomic mass is 9.99. The molecule has 0 amide bonds. The van der Waals surface area contributed by atoms with Crippen molar-refractivity contribution in [3.8, 4) is 5.69 Å². The monoisotopic (exact) mass is 496 g/mol. The maximum atomic E-state index is 14.4. The topological polar surface area (TPSA) is 104 Å². The van der Waals surface area contributed by atoms with Gasteiger partial charge in [0, 0.05) is 11.6 Å². The number of aromatic nitrogens is 4. The molecule has 0 fully saturated rings. The molecule has 8 nitrogen and oxygen atoms in total. The van der Waals surface area contributed by atoms with Crippen LogP contribution in [-0.2, 0) is 20.1 Å². The van der Waals surface area contributed by atoms with Crippen molar-refractivity contribution in [1.82, 2.24) is 19.5 Å². The van der Waals surface area contributed by atoms with Crippen molar-refractivity contribution in [2.24, 2.45) is 5.41 Å². The molecule has 0 radical (unpaired) electrons. The molecule has 0 unspecified atom stereocenters. The summed E-state index contributed by atoms with van der Waals surface area (Å²) in [5.74, 6) is -1.64. The summed E-state index contributed by atoms with van der Waals surface area (Å²) >= 11 is 5.95. The van der Waals surface area contributed by atoms with Crippen LogP contribution in [0.15, 0.2) is 23.1 Å². The Balaban J connectivity index is 2.29. The number of rotatable bonds is 6. The zero-order valence-corrected chi connectivity index (χ0v) is 20.9. The molecule has 0 N–H and O–H groups in total. The van der Waals surface area contributed by atoms with Gasteiger partial charge in [-0.15, -0.1) is 0 Å². The Kier molecular flexibility index (Phi) is 6.93. The summed E-state index contributed by atoms with van der Waals surface area (Å²) in [6.07, 6.45) is 1.63. The van der Waals surface area contributed by atoms with Crippen LogP contribution in [0.3, 0.4) is 0 Å². The molecule has 11 heteroatoms. The first-order valence-corrected chi connectivity index (χ1v) is 12.3. The quantitative estimate of drug-likeness (QED) is 0.370. The molecule has 3 aromatic rings. The van der Waals surface area contributed by atoms with Gasteiger partial charge in [-0.25, -0.2) is 18.7 Å². The first kappa shape index (κ1) is 25.2. The van der Waals surface area contributed by atoms with E-state index in [0.29, 0.717) is 11.4 Å². The first-order valence-electron chi connectivity index (χ1n) is 10.3. The second kappa shape index (κ2) is 9.08. The zero-order valence-electron chi connectivity index (χ0n) is 19.3. The molecule has 0 saturated carbocycles. The van der Waals surface area contributed by atoms with Gasteiger partial charge in [-0.3, -0.25) is 9.17 Å². The average Bonchev–Trinajstić information content (AvgIpc) is 2.68. The zero-order chi connectivity index (χ0) is 24.7. The molecule has 33 heavy (non-hydrogen) atoms. The Morgan fingerprint density at radius 1 is 1.24 bits per heavy atom. The number of fused-ring (bicyclic) bond motifs is 1. The molecule has 0 aromatic carbocycles. The molecule has 0 spiro atoms. The van der Waals surface area contributed by atoms with Crippen molar-refractivity contribution >= 4 is 32.8 Å². The van der Waals surface area contributed by atoms with E-state index in [2.05, 4.69) is 15.0 Å². The van der Waals surface area contributed by atoms with Gasteiger partial charge in [0.2, 0.25) is 0 Å². The number of nitrogens with zero attached hydrogens (tertiary/aromatic N) is 4. The second-order valence-electron chi connectivity index (χ2n) is 9.35. The highest BCUT2D eigenvalue weighted by atomic mass is 35.5. The van der Waals surface area contributed by atoms with Crippen LogP contribution >= 0.6 is 11.6 Å². The lowest BCUT2D eigenvalue weighted by Gasteiger charge is -2.19. The maximum Gasteiger partial charge on any atom is 0.354 e. The van der Waals surface area contributed by atoms with E-state index in [0.717, 1.165) is 11.6 Å². The number of aryl methyl sites for hydroxylation is 1. The van der Waals surface area contributed by atoms with Crippen LogP contribution in [0.4, 0.5) is 4.39 Å². The predicted molar refractivity (Wildman–Crippen MR) is 125 cm³/mol. The van der Waals surface area contributed by atoms with Gasteiger partial charge >= 0.3 is 5.69 Å². The van der Waals surface area contributed by atoms with Crippen LogP contribution in [0.1, 0.15) is 57.5 Å². The summed E-state index contributed by atoms with van der Waals surface area (Å²) in [5.41, 5.74) is 0.404. The van der Waals surface area contributed by atoms with Gasteiger partial charge in [-0.1, -0.05) is 46.2 Å². The first-order chi connectivity index (χ1) is 15.2. The molecule has 0 aliphatic heterocycles. The summed E-state index contributed by atoms with van der Waals surface area (Å²) in [7, 11) is -4.11. The Morgan fingerprint density at radius 3 is 2.52 bits per heavy atom. The minimum Gasteiger partial charge on any atom is -0.269 e. The number of hydrogen-bond donors (Lipinski definition) is 0. The Bertz CT molecular complexity index is 1380. The summed E-state index contributed by atoms with van der Waals surface area (Å²) in [6, 6.07) is 2.76. The van der Waals surface area contributed by atoms with Gasteiger partial charge in [0.05, 0.1) is 23.7 Å². The van der Waals surface area contributed by atoms with Crippen molar-refractivity contribution < 1.29 is 17.0 Å². The molecular formula is C22H26ClFN4O4S. The minimum absolute atomic E-state index is 0.0135. The van der Waals surface area contributed by atoms with Gasteiger partial charge in [0.1, 0.15) is 5.75 Å². The highest BCUT2D eigenvalue weighted by molar-refractivity contribution is 7.85. The third-order valence-corrected chi connectivity index (χ3v) is 6.14. The van der Waals surface area contributed by atoms with Crippen LogP contribution in [0, 0.1) is 18.2 Å². The molecule has 0 atom stereocenters. The van der Waals surface area contributed by atoms with Crippen molar-refractivity contribution in [3.63, 3.8) is 0 Å². The van der Waals surface area contributed by atoms with E-state index in [1.807, 2.05) is 34.6 Å². The van der Waals surface area contributed by atoms with Crippen LogP contribution < -0.4 is 5.69 Å². The van der Waals surface area contributed by atoms with Crippen LogP contribution in [0.5, 0.6) is 0 Å². The van der Waals surface area contributed by atoms with Gasteiger partial charge in [0.15, 0.2) is 16.6 Å². The van der Waals surface area contributed by atoms with E-state index in [9.17, 15) is 17.6 Å². The molecule has 3 aromatic heterocycles. The third kappa shape index (κ3) is 5.56. The lowest BCUT2D eigenvalue weighted by Crippen LogP contribution is -2.28. The molecule has 3 heterocycles. The lowest BCUT2D eigenvalue weighted by molar-refractivity contribution is 0.203. The summed E-state index contributed by atoms with van der Waals surface area (Å²) < 4.78 is 45.9. The largest absolute Gasteiger partial charge is 0.354 e. The summed E-state index contributed by atoms with van der Waals surface area (Å²) in [5, 5.41) is -0.412. The van der Waals surface area contributed by atoms with Crippen molar-refractivity contribution in [1.29, 1.82) is 0 Å². The summed E-state index contributed by atoms with van der Waals surface area (Å²) in [4.78, 5) is 25.7.